The summed E-state index contributed by atoms with van der Waals surface area (Å²) in [6.45, 7) is 6.81. The fraction of sp³-hybridized carbons (Fsp3) is 0.259. The van der Waals surface area contributed by atoms with E-state index in [-0.39, 0.29) is 17.9 Å². The first-order chi connectivity index (χ1) is 15.4. The second kappa shape index (κ2) is 11.1. The predicted molar refractivity (Wildman–Crippen MR) is 128 cm³/mol. The van der Waals surface area contributed by atoms with Crippen LogP contribution in [0.5, 0.6) is 5.75 Å². The number of carbonyl (C=O) groups is 2. The molecule has 3 aromatic rings. The van der Waals surface area contributed by atoms with Gasteiger partial charge in [0.05, 0.1) is 23.9 Å². The van der Waals surface area contributed by atoms with Crippen molar-refractivity contribution < 1.29 is 14.3 Å². The fourth-order valence-electron chi connectivity index (χ4n) is 3.22. The standard InChI is InChI=1S/C27H30N2O3/c1-19(2)16-17-32-23-13-9-12-22(18-23)26(30)29-25-15-8-7-14-24(25)27(31)28-20(3)21-10-5-4-6-11-21/h4-15,18-20H,16-17H2,1-3H3,(H,28,31)(H,29,30). The zero-order valence-corrected chi connectivity index (χ0v) is 18.8. The van der Waals surface area contributed by atoms with E-state index in [9.17, 15) is 9.59 Å². The Labute approximate surface area is 189 Å². The van der Waals surface area contributed by atoms with Gasteiger partial charge in [-0.3, -0.25) is 9.59 Å². The van der Waals surface area contributed by atoms with Gasteiger partial charge in [-0.15, -0.1) is 0 Å². The Morgan fingerprint density at radius 2 is 1.56 bits per heavy atom. The molecule has 1 unspecified atom stereocenters. The molecule has 0 heterocycles. The maximum Gasteiger partial charge on any atom is 0.255 e. The second-order valence-corrected chi connectivity index (χ2v) is 8.16. The van der Waals surface area contributed by atoms with Crippen molar-refractivity contribution in [3.05, 3.63) is 95.6 Å². The summed E-state index contributed by atoms with van der Waals surface area (Å²) in [4.78, 5) is 25.8. The number of amides is 2. The van der Waals surface area contributed by atoms with Gasteiger partial charge in [-0.25, -0.2) is 0 Å². The van der Waals surface area contributed by atoms with Gasteiger partial charge in [0.25, 0.3) is 11.8 Å². The van der Waals surface area contributed by atoms with E-state index in [1.54, 1.807) is 42.5 Å². The van der Waals surface area contributed by atoms with Crippen molar-refractivity contribution in [2.24, 2.45) is 5.92 Å². The van der Waals surface area contributed by atoms with E-state index < -0.39 is 0 Å². The number of ether oxygens (including phenoxy) is 1. The van der Waals surface area contributed by atoms with Crippen molar-refractivity contribution in [1.82, 2.24) is 5.32 Å². The average Bonchev–Trinajstić information content (AvgIpc) is 2.80. The molecule has 5 heteroatoms. The van der Waals surface area contributed by atoms with Crippen LogP contribution in [0.2, 0.25) is 0 Å². The molecule has 0 aliphatic rings. The molecule has 0 aromatic heterocycles. The normalized spacial score (nSPS) is 11.6. The Balaban J connectivity index is 1.69. The molecule has 0 saturated carbocycles. The van der Waals surface area contributed by atoms with Crippen LogP contribution in [0.15, 0.2) is 78.9 Å². The van der Waals surface area contributed by atoms with Crippen molar-refractivity contribution in [1.29, 1.82) is 0 Å². The molecule has 1 atom stereocenters. The number of para-hydroxylation sites is 1. The number of hydrogen-bond donors (Lipinski definition) is 2. The molecular formula is C27H30N2O3. The lowest BCUT2D eigenvalue weighted by atomic mass is 10.1. The SMILES string of the molecule is CC(C)CCOc1cccc(C(=O)Nc2ccccc2C(=O)NC(C)c2ccccc2)c1. The van der Waals surface area contributed by atoms with Crippen LogP contribution in [0.4, 0.5) is 5.69 Å². The molecular weight excluding hydrogens is 400 g/mol. The van der Waals surface area contributed by atoms with E-state index in [0.717, 1.165) is 12.0 Å². The summed E-state index contributed by atoms with van der Waals surface area (Å²) in [5.41, 5.74) is 2.35. The first kappa shape index (κ1) is 23.1. The average molecular weight is 431 g/mol. The predicted octanol–water partition coefficient (Wildman–Crippen LogP) is 5.85. The Hall–Kier alpha value is -3.60. The molecule has 3 aromatic carbocycles. The van der Waals surface area contributed by atoms with E-state index in [0.29, 0.717) is 35.1 Å². The Morgan fingerprint density at radius 1 is 0.844 bits per heavy atom. The third kappa shape index (κ3) is 6.45. The molecule has 0 saturated heterocycles. The number of anilines is 1. The zero-order chi connectivity index (χ0) is 22.9. The van der Waals surface area contributed by atoms with Crippen molar-refractivity contribution in [3.63, 3.8) is 0 Å². The molecule has 32 heavy (non-hydrogen) atoms. The Bertz CT molecular complexity index is 1050. The van der Waals surface area contributed by atoms with Gasteiger partial charge in [-0.05, 0) is 55.2 Å². The summed E-state index contributed by atoms with van der Waals surface area (Å²) in [6, 6.07) is 23.7. The van der Waals surface area contributed by atoms with E-state index in [2.05, 4.69) is 24.5 Å². The van der Waals surface area contributed by atoms with Gasteiger partial charge in [-0.2, -0.15) is 0 Å². The molecule has 3 rings (SSSR count). The van der Waals surface area contributed by atoms with E-state index >= 15 is 0 Å². The van der Waals surface area contributed by atoms with Crippen LogP contribution in [-0.4, -0.2) is 18.4 Å². The first-order valence-corrected chi connectivity index (χ1v) is 10.9. The lowest BCUT2D eigenvalue weighted by Crippen LogP contribution is -2.28. The number of benzene rings is 3. The summed E-state index contributed by atoms with van der Waals surface area (Å²) in [6.07, 6.45) is 0.945. The van der Waals surface area contributed by atoms with Crippen LogP contribution in [0.1, 0.15) is 59.5 Å². The molecule has 2 amide bonds. The van der Waals surface area contributed by atoms with E-state index in [1.807, 2.05) is 43.3 Å². The minimum Gasteiger partial charge on any atom is -0.494 e. The Morgan fingerprint density at radius 3 is 2.31 bits per heavy atom. The summed E-state index contributed by atoms with van der Waals surface area (Å²) in [5, 5.41) is 5.86. The first-order valence-electron chi connectivity index (χ1n) is 10.9. The van der Waals surface area contributed by atoms with Gasteiger partial charge in [0.2, 0.25) is 0 Å². The van der Waals surface area contributed by atoms with Crippen molar-refractivity contribution in [2.75, 3.05) is 11.9 Å². The van der Waals surface area contributed by atoms with Crippen LogP contribution in [-0.2, 0) is 0 Å². The third-order valence-corrected chi connectivity index (χ3v) is 5.13. The minimum absolute atomic E-state index is 0.160. The molecule has 0 fully saturated rings. The van der Waals surface area contributed by atoms with Gasteiger partial charge in [0.1, 0.15) is 5.75 Å². The van der Waals surface area contributed by atoms with Gasteiger partial charge in [0.15, 0.2) is 0 Å². The van der Waals surface area contributed by atoms with Gasteiger partial charge < -0.3 is 15.4 Å². The molecule has 0 aliphatic carbocycles. The number of hydrogen-bond acceptors (Lipinski definition) is 3. The molecule has 5 nitrogen and oxygen atoms in total. The maximum absolute atomic E-state index is 12.9. The summed E-state index contributed by atoms with van der Waals surface area (Å²) in [5.74, 6) is 0.661. The maximum atomic E-state index is 12.9. The highest BCUT2D eigenvalue weighted by Crippen LogP contribution is 2.20. The van der Waals surface area contributed by atoms with Crippen molar-refractivity contribution >= 4 is 17.5 Å². The molecule has 0 bridgehead atoms. The molecule has 2 N–H and O–H groups in total. The van der Waals surface area contributed by atoms with Gasteiger partial charge in [0, 0.05) is 5.56 Å². The van der Waals surface area contributed by atoms with Crippen molar-refractivity contribution in [2.45, 2.75) is 33.2 Å². The Kier molecular flexibility index (Phi) is 8.03. The summed E-state index contributed by atoms with van der Waals surface area (Å²) in [7, 11) is 0. The lowest BCUT2D eigenvalue weighted by molar-refractivity contribution is 0.0940. The van der Waals surface area contributed by atoms with Crippen LogP contribution in [0.3, 0.4) is 0 Å². The van der Waals surface area contributed by atoms with E-state index in [4.69, 9.17) is 4.74 Å². The van der Waals surface area contributed by atoms with Gasteiger partial charge in [-0.1, -0.05) is 62.4 Å². The highest BCUT2D eigenvalue weighted by Gasteiger charge is 2.17. The van der Waals surface area contributed by atoms with Crippen LogP contribution in [0, 0.1) is 5.92 Å². The number of nitrogens with one attached hydrogen (secondary N) is 2. The van der Waals surface area contributed by atoms with Crippen LogP contribution >= 0.6 is 0 Å². The second-order valence-electron chi connectivity index (χ2n) is 8.16. The molecule has 0 radical (unpaired) electrons. The van der Waals surface area contributed by atoms with Crippen LogP contribution in [0.25, 0.3) is 0 Å². The smallest absolute Gasteiger partial charge is 0.255 e. The third-order valence-electron chi connectivity index (χ3n) is 5.13. The fourth-order valence-corrected chi connectivity index (χ4v) is 3.22. The molecule has 0 aliphatic heterocycles. The number of rotatable bonds is 9. The zero-order valence-electron chi connectivity index (χ0n) is 18.8. The quantitative estimate of drug-likeness (QED) is 0.447. The summed E-state index contributed by atoms with van der Waals surface area (Å²) >= 11 is 0. The monoisotopic (exact) mass is 430 g/mol. The summed E-state index contributed by atoms with van der Waals surface area (Å²) < 4.78 is 5.76. The topological polar surface area (TPSA) is 67.4 Å². The highest BCUT2D eigenvalue weighted by atomic mass is 16.5. The largest absolute Gasteiger partial charge is 0.494 e. The van der Waals surface area contributed by atoms with Gasteiger partial charge >= 0.3 is 0 Å². The number of carbonyl (C=O) groups excluding carboxylic acids is 2. The van der Waals surface area contributed by atoms with E-state index in [1.165, 1.54) is 0 Å². The highest BCUT2D eigenvalue weighted by molar-refractivity contribution is 6.09. The van der Waals surface area contributed by atoms with Crippen LogP contribution < -0.4 is 15.4 Å². The minimum atomic E-state index is -0.296. The van der Waals surface area contributed by atoms with Crippen molar-refractivity contribution in [3.8, 4) is 5.75 Å². The lowest BCUT2D eigenvalue weighted by Gasteiger charge is -2.16. The molecule has 0 spiro atoms. The molecule has 166 valence electrons.